The Labute approximate surface area is 147 Å². The Morgan fingerprint density at radius 3 is 2.70 bits per heavy atom. The second kappa shape index (κ2) is 8.34. The molecule has 0 spiro atoms. The number of fused-ring (bicyclic) bond motifs is 1. The molecule has 122 valence electrons. The summed E-state index contributed by atoms with van der Waals surface area (Å²) in [6, 6.07) is 16.0. The van der Waals surface area contributed by atoms with Gasteiger partial charge in [-0.25, -0.2) is 0 Å². The fourth-order valence-electron chi connectivity index (χ4n) is 2.84. The second-order valence-electron chi connectivity index (χ2n) is 5.56. The van der Waals surface area contributed by atoms with Crippen molar-refractivity contribution in [2.45, 2.75) is 18.9 Å². The van der Waals surface area contributed by atoms with Gasteiger partial charge in [-0.2, -0.15) is 0 Å². The zero-order chi connectivity index (χ0) is 15.4. The lowest BCUT2D eigenvalue weighted by Crippen LogP contribution is -2.39. The monoisotopic (exact) mass is 350 g/mol. The van der Waals surface area contributed by atoms with Crippen LogP contribution in [0.15, 0.2) is 48.5 Å². The quantitative estimate of drug-likeness (QED) is 0.887. The predicted octanol–water partition coefficient (Wildman–Crippen LogP) is 3.31. The van der Waals surface area contributed by atoms with E-state index in [1.54, 1.807) is 0 Å². The molecule has 2 aromatic carbocycles. The molecule has 0 fully saturated rings. The predicted molar refractivity (Wildman–Crippen MR) is 96.3 cm³/mol. The summed E-state index contributed by atoms with van der Waals surface area (Å²) in [6.07, 6.45) is 1.43. The molecule has 2 N–H and O–H groups in total. The SMILES string of the molecule is Cl.O=C(Cc1ccc(Cl)cc1)NCC1NCCc2ccccc21. The van der Waals surface area contributed by atoms with E-state index in [1.807, 2.05) is 30.3 Å². The molecule has 0 aromatic heterocycles. The average molecular weight is 351 g/mol. The molecule has 23 heavy (non-hydrogen) atoms. The van der Waals surface area contributed by atoms with Crippen LogP contribution in [0.25, 0.3) is 0 Å². The molecule has 0 radical (unpaired) electrons. The third kappa shape index (κ3) is 4.71. The van der Waals surface area contributed by atoms with E-state index >= 15 is 0 Å². The number of amides is 1. The van der Waals surface area contributed by atoms with Crippen molar-refractivity contribution in [3.8, 4) is 0 Å². The van der Waals surface area contributed by atoms with Crippen LogP contribution in [0, 0.1) is 0 Å². The van der Waals surface area contributed by atoms with Gasteiger partial charge in [-0.05, 0) is 41.8 Å². The number of hydrogen-bond donors (Lipinski definition) is 2. The molecule has 1 atom stereocenters. The van der Waals surface area contributed by atoms with Gasteiger partial charge in [-0.15, -0.1) is 12.4 Å². The van der Waals surface area contributed by atoms with E-state index in [4.69, 9.17) is 11.6 Å². The van der Waals surface area contributed by atoms with Crippen molar-refractivity contribution in [2.24, 2.45) is 0 Å². The van der Waals surface area contributed by atoms with E-state index < -0.39 is 0 Å². The van der Waals surface area contributed by atoms with Crippen molar-refractivity contribution < 1.29 is 4.79 Å². The summed E-state index contributed by atoms with van der Waals surface area (Å²) in [6.45, 7) is 1.57. The highest BCUT2D eigenvalue weighted by Crippen LogP contribution is 2.21. The molecule has 1 aliphatic heterocycles. The first-order chi connectivity index (χ1) is 10.7. The van der Waals surface area contributed by atoms with Crippen LogP contribution in [0.1, 0.15) is 22.7 Å². The molecule has 0 saturated heterocycles. The molecule has 3 nitrogen and oxygen atoms in total. The van der Waals surface area contributed by atoms with Gasteiger partial charge >= 0.3 is 0 Å². The summed E-state index contributed by atoms with van der Waals surface area (Å²) in [5.74, 6) is 0.0344. The van der Waals surface area contributed by atoms with E-state index in [0.29, 0.717) is 18.0 Å². The Morgan fingerprint density at radius 2 is 1.91 bits per heavy atom. The van der Waals surface area contributed by atoms with Crippen molar-refractivity contribution in [1.82, 2.24) is 10.6 Å². The molecule has 0 aliphatic carbocycles. The fraction of sp³-hybridized carbons (Fsp3) is 0.278. The Hall–Kier alpha value is -1.55. The maximum Gasteiger partial charge on any atom is 0.224 e. The number of carbonyl (C=O) groups is 1. The Bertz CT molecular complexity index is 658. The van der Waals surface area contributed by atoms with Gasteiger partial charge < -0.3 is 10.6 Å². The van der Waals surface area contributed by atoms with Gasteiger partial charge in [0.2, 0.25) is 5.91 Å². The molecule has 1 unspecified atom stereocenters. The highest BCUT2D eigenvalue weighted by Gasteiger charge is 2.19. The minimum absolute atomic E-state index is 0. The molecular formula is C18H20Cl2N2O. The van der Waals surface area contributed by atoms with Crippen molar-refractivity contribution in [1.29, 1.82) is 0 Å². The first kappa shape index (κ1) is 17.8. The molecule has 3 rings (SSSR count). The zero-order valence-corrected chi connectivity index (χ0v) is 14.3. The molecular weight excluding hydrogens is 331 g/mol. The van der Waals surface area contributed by atoms with Crippen molar-refractivity contribution >= 4 is 29.9 Å². The molecule has 2 aromatic rings. The van der Waals surface area contributed by atoms with Gasteiger partial charge in [0.1, 0.15) is 0 Å². The molecule has 5 heteroatoms. The topological polar surface area (TPSA) is 41.1 Å². The maximum atomic E-state index is 12.1. The Balaban J connectivity index is 0.00000192. The summed E-state index contributed by atoms with van der Waals surface area (Å²) in [5, 5.41) is 7.18. The number of hydrogen-bond acceptors (Lipinski definition) is 2. The largest absolute Gasteiger partial charge is 0.354 e. The summed E-state index contributed by atoms with van der Waals surface area (Å²) >= 11 is 5.85. The van der Waals surface area contributed by atoms with Crippen LogP contribution in [0.4, 0.5) is 0 Å². The lowest BCUT2D eigenvalue weighted by atomic mass is 9.94. The van der Waals surface area contributed by atoms with Crippen molar-refractivity contribution in [2.75, 3.05) is 13.1 Å². The van der Waals surface area contributed by atoms with E-state index in [9.17, 15) is 4.79 Å². The van der Waals surface area contributed by atoms with Crippen LogP contribution >= 0.6 is 24.0 Å². The first-order valence-electron chi connectivity index (χ1n) is 7.55. The van der Waals surface area contributed by atoms with E-state index in [0.717, 1.165) is 18.5 Å². The van der Waals surface area contributed by atoms with E-state index in [1.165, 1.54) is 11.1 Å². The van der Waals surface area contributed by atoms with Crippen LogP contribution in [0.3, 0.4) is 0 Å². The molecule has 1 heterocycles. The van der Waals surface area contributed by atoms with E-state index in [2.05, 4.69) is 28.8 Å². The highest BCUT2D eigenvalue weighted by atomic mass is 35.5. The third-order valence-corrected chi connectivity index (χ3v) is 4.25. The molecule has 1 amide bonds. The standard InChI is InChI=1S/C18H19ClN2O.ClH/c19-15-7-5-13(6-8-15)11-18(22)21-12-17-16-4-2-1-3-14(16)9-10-20-17;/h1-8,17,20H,9-12H2,(H,21,22);1H. The minimum atomic E-state index is 0. The van der Waals surface area contributed by atoms with Crippen LogP contribution in [0.2, 0.25) is 5.02 Å². The summed E-state index contributed by atoms with van der Waals surface area (Å²) in [4.78, 5) is 12.1. The minimum Gasteiger partial charge on any atom is -0.354 e. The van der Waals surface area contributed by atoms with Crippen molar-refractivity contribution in [3.05, 3.63) is 70.2 Å². The van der Waals surface area contributed by atoms with Gasteiger partial charge in [0.05, 0.1) is 6.42 Å². The number of rotatable bonds is 4. The number of benzene rings is 2. The molecule has 0 saturated carbocycles. The maximum absolute atomic E-state index is 12.1. The number of carbonyl (C=O) groups excluding carboxylic acids is 1. The van der Waals surface area contributed by atoms with Gasteiger partial charge in [0.15, 0.2) is 0 Å². The van der Waals surface area contributed by atoms with E-state index in [-0.39, 0.29) is 24.4 Å². The highest BCUT2D eigenvalue weighted by molar-refractivity contribution is 6.30. The zero-order valence-electron chi connectivity index (χ0n) is 12.7. The number of halogens is 2. The lowest BCUT2D eigenvalue weighted by molar-refractivity contribution is -0.120. The van der Waals surface area contributed by atoms with Gasteiger partial charge in [0.25, 0.3) is 0 Å². The number of nitrogens with one attached hydrogen (secondary N) is 2. The summed E-state index contributed by atoms with van der Waals surface area (Å²) in [5.41, 5.74) is 3.64. The van der Waals surface area contributed by atoms with Crippen molar-refractivity contribution in [3.63, 3.8) is 0 Å². The fourth-order valence-corrected chi connectivity index (χ4v) is 2.97. The van der Waals surface area contributed by atoms with Crippen LogP contribution in [0.5, 0.6) is 0 Å². The van der Waals surface area contributed by atoms with Crippen LogP contribution < -0.4 is 10.6 Å². The summed E-state index contributed by atoms with van der Waals surface area (Å²) < 4.78 is 0. The third-order valence-electron chi connectivity index (χ3n) is 4.00. The normalized spacial score (nSPS) is 16.1. The molecule has 1 aliphatic rings. The second-order valence-corrected chi connectivity index (χ2v) is 6.00. The smallest absolute Gasteiger partial charge is 0.224 e. The van der Waals surface area contributed by atoms with Gasteiger partial charge in [-0.3, -0.25) is 4.79 Å². The molecule has 0 bridgehead atoms. The summed E-state index contributed by atoms with van der Waals surface area (Å²) in [7, 11) is 0. The lowest BCUT2D eigenvalue weighted by Gasteiger charge is -2.27. The average Bonchev–Trinajstić information content (AvgIpc) is 2.55. The van der Waals surface area contributed by atoms with Gasteiger partial charge in [-0.1, -0.05) is 48.0 Å². The Kier molecular flexibility index (Phi) is 6.46. The first-order valence-corrected chi connectivity index (χ1v) is 7.92. The van der Waals surface area contributed by atoms with Crippen LogP contribution in [-0.4, -0.2) is 19.0 Å². The van der Waals surface area contributed by atoms with Crippen LogP contribution in [-0.2, 0) is 17.6 Å². The van der Waals surface area contributed by atoms with Gasteiger partial charge in [0, 0.05) is 17.6 Å². The Morgan fingerprint density at radius 1 is 1.17 bits per heavy atom.